The van der Waals surface area contributed by atoms with Gasteiger partial charge in [0, 0.05) is 40.8 Å². The SMILES string of the molecule is CN(C)C1(CNCc2c[nH]c3cc(Cl)ccc23)CCCC1. The van der Waals surface area contributed by atoms with Gasteiger partial charge < -0.3 is 15.2 Å². The van der Waals surface area contributed by atoms with Crippen molar-refractivity contribution in [2.45, 2.75) is 37.8 Å². The van der Waals surface area contributed by atoms with Crippen LogP contribution in [0.5, 0.6) is 0 Å². The molecule has 2 aromatic rings. The van der Waals surface area contributed by atoms with Crippen LogP contribution in [-0.2, 0) is 6.54 Å². The fourth-order valence-corrected chi connectivity index (χ4v) is 3.72. The van der Waals surface area contributed by atoms with Gasteiger partial charge in [0.05, 0.1) is 0 Å². The van der Waals surface area contributed by atoms with Crippen molar-refractivity contribution < 1.29 is 0 Å². The van der Waals surface area contributed by atoms with Crippen molar-refractivity contribution in [1.29, 1.82) is 0 Å². The van der Waals surface area contributed by atoms with E-state index in [9.17, 15) is 0 Å². The van der Waals surface area contributed by atoms with E-state index >= 15 is 0 Å². The molecule has 1 aliphatic carbocycles. The maximum Gasteiger partial charge on any atom is 0.0472 e. The van der Waals surface area contributed by atoms with Crippen LogP contribution in [0.15, 0.2) is 24.4 Å². The van der Waals surface area contributed by atoms with E-state index in [-0.39, 0.29) is 0 Å². The van der Waals surface area contributed by atoms with Crippen LogP contribution < -0.4 is 5.32 Å². The predicted molar refractivity (Wildman–Crippen MR) is 89.9 cm³/mol. The third-order valence-electron chi connectivity index (χ3n) is 4.98. The minimum atomic E-state index is 0.343. The Morgan fingerprint density at radius 3 is 2.76 bits per heavy atom. The highest BCUT2D eigenvalue weighted by atomic mass is 35.5. The summed E-state index contributed by atoms with van der Waals surface area (Å²) in [4.78, 5) is 5.71. The second kappa shape index (κ2) is 5.99. The van der Waals surface area contributed by atoms with Crippen LogP contribution >= 0.6 is 11.6 Å². The van der Waals surface area contributed by atoms with Crippen molar-refractivity contribution in [3.63, 3.8) is 0 Å². The first-order valence-electron chi connectivity index (χ1n) is 7.74. The summed E-state index contributed by atoms with van der Waals surface area (Å²) in [6, 6.07) is 6.04. The Bertz CT molecular complexity index is 612. The molecule has 0 saturated heterocycles. The van der Waals surface area contributed by atoms with Crippen LogP contribution in [0.25, 0.3) is 10.9 Å². The molecular weight excluding hydrogens is 282 g/mol. The molecule has 0 spiro atoms. The first-order valence-corrected chi connectivity index (χ1v) is 8.12. The zero-order valence-corrected chi connectivity index (χ0v) is 13.6. The Morgan fingerprint density at radius 2 is 2.05 bits per heavy atom. The molecule has 4 heteroatoms. The third kappa shape index (κ3) is 2.96. The topological polar surface area (TPSA) is 31.1 Å². The molecule has 1 fully saturated rings. The van der Waals surface area contributed by atoms with E-state index in [1.54, 1.807) is 0 Å². The maximum atomic E-state index is 6.03. The number of nitrogens with one attached hydrogen (secondary N) is 2. The second-order valence-corrected chi connectivity index (χ2v) is 6.87. The number of likely N-dealkylation sites (N-methyl/N-ethyl adjacent to an activating group) is 1. The lowest BCUT2D eigenvalue weighted by Gasteiger charge is -2.36. The van der Waals surface area contributed by atoms with E-state index < -0.39 is 0 Å². The minimum Gasteiger partial charge on any atom is -0.361 e. The highest BCUT2D eigenvalue weighted by Crippen LogP contribution is 2.33. The number of aromatic amines is 1. The molecule has 1 heterocycles. The predicted octanol–water partition coefficient (Wildman–Crippen LogP) is 3.79. The Labute approximate surface area is 131 Å². The number of benzene rings is 1. The Kier molecular flexibility index (Phi) is 4.25. The first kappa shape index (κ1) is 14.9. The number of fused-ring (bicyclic) bond motifs is 1. The highest BCUT2D eigenvalue weighted by molar-refractivity contribution is 6.31. The molecule has 0 unspecified atom stereocenters. The first-order chi connectivity index (χ1) is 10.1. The number of hydrogen-bond acceptors (Lipinski definition) is 2. The quantitative estimate of drug-likeness (QED) is 0.880. The van der Waals surface area contributed by atoms with E-state index in [2.05, 4.69) is 41.6 Å². The van der Waals surface area contributed by atoms with Crippen LogP contribution in [0.3, 0.4) is 0 Å². The monoisotopic (exact) mass is 305 g/mol. The molecule has 21 heavy (non-hydrogen) atoms. The minimum absolute atomic E-state index is 0.343. The molecule has 0 amide bonds. The number of nitrogens with zero attached hydrogens (tertiary/aromatic N) is 1. The van der Waals surface area contributed by atoms with Gasteiger partial charge in [0.15, 0.2) is 0 Å². The smallest absolute Gasteiger partial charge is 0.0472 e. The molecule has 1 aromatic carbocycles. The number of hydrogen-bond donors (Lipinski definition) is 2. The molecule has 0 aliphatic heterocycles. The standard InChI is InChI=1S/C17H24ClN3/c1-21(2)17(7-3-4-8-17)12-19-10-13-11-20-16-9-14(18)5-6-15(13)16/h5-6,9,11,19-20H,3-4,7-8,10,12H2,1-2H3. The maximum absolute atomic E-state index is 6.03. The Balaban J connectivity index is 1.66. The molecule has 0 bridgehead atoms. The van der Waals surface area contributed by atoms with Crippen LogP contribution in [0.1, 0.15) is 31.2 Å². The Morgan fingerprint density at radius 1 is 1.29 bits per heavy atom. The van der Waals surface area contributed by atoms with Gasteiger partial charge in [-0.1, -0.05) is 30.5 Å². The van der Waals surface area contributed by atoms with E-state index in [4.69, 9.17) is 11.6 Å². The summed E-state index contributed by atoms with van der Waals surface area (Å²) in [7, 11) is 4.42. The van der Waals surface area contributed by atoms with Crippen LogP contribution in [0.2, 0.25) is 5.02 Å². The van der Waals surface area contributed by atoms with Crippen LogP contribution in [0.4, 0.5) is 0 Å². The molecule has 2 N–H and O–H groups in total. The van der Waals surface area contributed by atoms with Gasteiger partial charge in [-0.15, -0.1) is 0 Å². The zero-order valence-electron chi connectivity index (χ0n) is 12.9. The van der Waals surface area contributed by atoms with Gasteiger partial charge >= 0.3 is 0 Å². The lowest BCUT2D eigenvalue weighted by Crippen LogP contribution is -2.49. The van der Waals surface area contributed by atoms with Crippen molar-refractivity contribution >= 4 is 22.5 Å². The molecule has 1 saturated carbocycles. The summed E-state index contributed by atoms with van der Waals surface area (Å²) in [6.45, 7) is 1.96. The van der Waals surface area contributed by atoms with E-state index in [1.807, 2.05) is 12.1 Å². The molecule has 3 rings (SSSR count). The second-order valence-electron chi connectivity index (χ2n) is 6.43. The fourth-order valence-electron chi connectivity index (χ4n) is 3.55. The van der Waals surface area contributed by atoms with Gasteiger partial charge in [-0.2, -0.15) is 0 Å². The molecule has 3 nitrogen and oxygen atoms in total. The van der Waals surface area contributed by atoms with Gasteiger partial charge in [0.2, 0.25) is 0 Å². The summed E-state index contributed by atoms with van der Waals surface area (Å²) in [5.74, 6) is 0. The number of aromatic nitrogens is 1. The fraction of sp³-hybridized carbons (Fsp3) is 0.529. The normalized spacial score (nSPS) is 17.9. The van der Waals surface area contributed by atoms with Crippen molar-refractivity contribution in [2.24, 2.45) is 0 Å². The molecule has 0 atom stereocenters. The highest BCUT2D eigenvalue weighted by Gasteiger charge is 2.35. The lowest BCUT2D eigenvalue weighted by atomic mass is 9.96. The molecule has 114 valence electrons. The number of rotatable bonds is 5. The summed E-state index contributed by atoms with van der Waals surface area (Å²) < 4.78 is 0. The van der Waals surface area contributed by atoms with E-state index in [1.165, 1.54) is 36.6 Å². The molecule has 0 radical (unpaired) electrons. The van der Waals surface area contributed by atoms with Crippen molar-refractivity contribution in [3.05, 3.63) is 35.0 Å². The summed E-state index contributed by atoms with van der Waals surface area (Å²) in [5, 5.41) is 5.70. The van der Waals surface area contributed by atoms with E-state index in [0.717, 1.165) is 23.6 Å². The average Bonchev–Trinajstić information content (AvgIpc) is 3.07. The van der Waals surface area contributed by atoms with Crippen molar-refractivity contribution in [3.8, 4) is 0 Å². The number of H-pyrrole nitrogens is 1. The van der Waals surface area contributed by atoms with Gasteiger partial charge in [-0.25, -0.2) is 0 Å². The zero-order chi connectivity index (χ0) is 14.9. The van der Waals surface area contributed by atoms with Gasteiger partial charge in [0.25, 0.3) is 0 Å². The molecule has 1 aromatic heterocycles. The lowest BCUT2D eigenvalue weighted by molar-refractivity contribution is 0.153. The van der Waals surface area contributed by atoms with Crippen molar-refractivity contribution in [2.75, 3.05) is 20.6 Å². The van der Waals surface area contributed by atoms with Gasteiger partial charge in [-0.05, 0) is 44.6 Å². The van der Waals surface area contributed by atoms with Crippen LogP contribution in [-0.4, -0.2) is 36.1 Å². The third-order valence-corrected chi connectivity index (χ3v) is 5.22. The van der Waals surface area contributed by atoms with E-state index in [0.29, 0.717) is 5.54 Å². The molecule has 1 aliphatic rings. The Hall–Kier alpha value is -1.03. The summed E-state index contributed by atoms with van der Waals surface area (Å²) in [5.41, 5.74) is 2.77. The summed E-state index contributed by atoms with van der Waals surface area (Å²) in [6.07, 6.45) is 7.40. The van der Waals surface area contributed by atoms with Gasteiger partial charge in [0.1, 0.15) is 0 Å². The van der Waals surface area contributed by atoms with Gasteiger partial charge in [-0.3, -0.25) is 0 Å². The average molecular weight is 306 g/mol. The van der Waals surface area contributed by atoms with Crippen molar-refractivity contribution in [1.82, 2.24) is 15.2 Å². The van der Waals surface area contributed by atoms with Crippen LogP contribution in [0, 0.1) is 0 Å². The molecular formula is C17H24ClN3. The largest absolute Gasteiger partial charge is 0.361 e. The summed E-state index contributed by atoms with van der Waals surface area (Å²) >= 11 is 6.03. The number of halogens is 1.